The molecule has 0 aliphatic heterocycles. The average Bonchev–Trinajstić information content (AvgIpc) is 2.86. The van der Waals surface area contributed by atoms with Crippen LogP contribution < -0.4 is 10.1 Å². The molecule has 2 aromatic heterocycles. The van der Waals surface area contributed by atoms with E-state index in [1.807, 2.05) is 66.4 Å². The number of ether oxygens (including phenoxy) is 1. The Labute approximate surface area is 128 Å². The van der Waals surface area contributed by atoms with Gasteiger partial charge in [-0.05, 0) is 37.6 Å². The molecule has 0 unspecified atom stereocenters. The van der Waals surface area contributed by atoms with E-state index in [0.717, 1.165) is 22.0 Å². The molecule has 4 nitrogen and oxygen atoms in total. The summed E-state index contributed by atoms with van der Waals surface area (Å²) in [6.07, 6.45) is 4.04. The standard InChI is InChI=1S/C16H17N3OS/c1-17-11-12-16(18-15-9-5-6-10-19(12)15)20-13-7-3-4-8-14(13)21-2/h3-10,17H,11H2,1-2H3. The highest BCUT2D eigenvalue weighted by molar-refractivity contribution is 7.98. The molecule has 1 aromatic carbocycles. The Morgan fingerprint density at radius 1 is 1.19 bits per heavy atom. The predicted octanol–water partition coefficient (Wildman–Crippen LogP) is 3.57. The second-order valence-corrected chi connectivity index (χ2v) is 5.42. The van der Waals surface area contributed by atoms with Crippen molar-refractivity contribution in [3.8, 4) is 11.6 Å². The van der Waals surface area contributed by atoms with Crippen LogP contribution in [0.3, 0.4) is 0 Å². The molecule has 0 atom stereocenters. The first kappa shape index (κ1) is 14.0. The van der Waals surface area contributed by atoms with Crippen molar-refractivity contribution in [3.63, 3.8) is 0 Å². The summed E-state index contributed by atoms with van der Waals surface area (Å²) in [5, 5.41) is 3.17. The third-order valence-corrected chi connectivity index (χ3v) is 3.99. The minimum Gasteiger partial charge on any atom is -0.436 e. The van der Waals surface area contributed by atoms with Crippen LogP contribution in [0.2, 0.25) is 0 Å². The van der Waals surface area contributed by atoms with Gasteiger partial charge in [-0.3, -0.25) is 4.40 Å². The molecule has 0 radical (unpaired) electrons. The third kappa shape index (κ3) is 2.75. The van der Waals surface area contributed by atoms with E-state index in [9.17, 15) is 0 Å². The minimum atomic E-state index is 0.650. The molecule has 0 aliphatic rings. The summed E-state index contributed by atoms with van der Waals surface area (Å²) >= 11 is 1.67. The predicted molar refractivity (Wildman–Crippen MR) is 86.3 cm³/mol. The van der Waals surface area contributed by atoms with Crippen molar-refractivity contribution < 1.29 is 4.74 Å². The summed E-state index contributed by atoms with van der Waals surface area (Å²) in [7, 11) is 1.92. The number of thioether (sulfide) groups is 1. The number of nitrogens with one attached hydrogen (secondary N) is 1. The number of rotatable bonds is 5. The van der Waals surface area contributed by atoms with Crippen LogP contribution in [0.25, 0.3) is 5.65 Å². The first-order valence-electron chi connectivity index (χ1n) is 6.75. The smallest absolute Gasteiger partial charge is 0.242 e. The highest BCUT2D eigenvalue weighted by Gasteiger charge is 2.14. The van der Waals surface area contributed by atoms with Crippen LogP contribution in [-0.4, -0.2) is 22.7 Å². The van der Waals surface area contributed by atoms with Gasteiger partial charge in [-0.2, -0.15) is 4.98 Å². The van der Waals surface area contributed by atoms with Crippen LogP contribution in [-0.2, 0) is 6.54 Å². The Kier molecular flexibility index (Phi) is 4.13. The third-order valence-electron chi connectivity index (χ3n) is 3.21. The zero-order chi connectivity index (χ0) is 14.7. The van der Waals surface area contributed by atoms with E-state index in [1.54, 1.807) is 11.8 Å². The fraction of sp³-hybridized carbons (Fsp3) is 0.188. The quantitative estimate of drug-likeness (QED) is 0.731. The van der Waals surface area contributed by atoms with Gasteiger partial charge in [-0.1, -0.05) is 18.2 Å². The summed E-state index contributed by atoms with van der Waals surface area (Å²) in [6.45, 7) is 0.696. The molecular formula is C16H17N3OS. The summed E-state index contributed by atoms with van der Waals surface area (Å²) in [6, 6.07) is 14.0. The van der Waals surface area contributed by atoms with E-state index in [4.69, 9.17) is 4.74 Å². The van der Waals surface area contributed by atoms with Crippen LogP contribution in [0.1, 0.15) is 5.69 Å². The number of para-hydroxylation sites is 1. The van der Waals surface area contributed by atoms with Crippen LogP contribution >= 0.6 is 11.8 Å². The summed E-state index contributed by atoms with van der Waals surface area (Å²) in [4.78, 5) is 5.70. The maximum atomic E-state index is 6.08. The van der Waals surface area contributed by atoms with Crippen molar-refractivity contribution in [2.45, 2.75) is 11.4 Å². The fourth-order valence-electron chi connectivity index (χ4n) is 2.24. The molecule has 5 heteroatoms. The van der Waals surface area contributed by atoms with E-state index >= 15 is 0 Å². The Morgan fingerprint density at radius 3 is 2.81 bits per heavy atom. The lowest BCUT2D eigenvalue weighted by Crippen LogP contribution is -2.08. The number of nitrogens with zero attached hydrogens (tertiary/aromatic N) is 2. The summed E-state index contributed by atoms with van der Waals surface area (Å²) in [5.74, 6) is 1.49. The molecular weight excluding hydrogens is 282 g/mol. The molecule has 0 bridgehead atoms. The topological polar surface area (TPSA) is 38.6 Å². The minimum absolute atomic E-state index is 0.650. The van der Waals surface area contributed by atoms with E-state index in [-0.39, 0.29) is 0 Å². The van der Waals surface area contributed by atoms with Gasteiger partial charge in [-0.15, -0.1) is 11.8 Å². The molecule has 0 fully saturated rings. The van der Waals surface area contributed by atoms with E-state index in [0.29, 0.717) is 12.4 Å². The lowest BCUT2D eigenvalue weighted by atomic mass is 10.3. The molecule has 1 N–H and O–H groups in total. The number of pyridine rings is 1. The number of benzene rings is 1. The molecule has 0 spiro atoms. The molecule has 3 aromatic rings. The monoisotopic (exact) mass is 299 g/mol. The maximum absolute atomic E-state index is 6.08. The molecule has 0 amide bonds. The number of aromatic nitrogens is 2. The van der Waals surface area contributed by atoms with Crippen molar-refractivity contribution in [2.24, 2.45) is 0 Å². The zero-order valence-electron chi connectivity index (χ0n) is 12.0. The van der Waals surface area contributed by atoms with Gasteiger partial charge < -0.3 is 10.1 Å². The van der Waals surface area contributed by atoms with E-state index < -0.39 is 0 Å². The molecule has 0 saturated carbocycles. The fourth-order valence-corrected chi connectivity index (χ4v) is 2.77. The summed E-state index contributed by atoms with van der Waals surface area (Å²) in [5.41, 5.74) is 1.91. The van der Waals surface area contributed by atoms with Gasteiger partial charge in [-0.25, -0.2) is 0 Å². The van der Waals surface area contributed by atoms with Crippen molar-refractivity contribution in [1.29, 1.82) is 0 Å². The Morgan fingerprint density at radius 2 is 2.00 bits per heavy atom. The number of hydrogen-bond acceptors (Lipinski definition) is 4. The Balaban J connectivity index is 2.05. The SMILES string of the molecule is CNCc1c(Oc2ccccc2SC)nc2ccccn12. The maximum Gasteiger partial charge on any atom is 0.242 e. The molecule has 108 valence electrons. The van der Waals surface area contributed by atoms with Crippen LogP contribution in [0.15, 0.2) is 53.6 Å². The van der Waals surface area contributed by atoms with Gasteiger partial charge in [0.2, 0.25) is 5.88 Å². The van der Waals surface area contributed by atoms with E-state index in [1.165, 1.54) is 0 Å². The molecule has 21 heavy (non-hydrogen) atoms. The second kappa shape index (κ2) is 6.20. The van der Waals surface area contributed by atoms with Crippen molar-refractivity contribution >= 4 is 17.4 Å². The van der Waals surface area contributed by atoms with Crippen LogP contribution in [0.4, 0.5) is 0 Å². The molecule has 0 saturated heterocycles. The van der Waals surface area contributed by atoms with Gasteiger partial charge in [0.15, 0.2) is 0 Å². The Hall–Kier alpha value is -1.98. The van der Waals surface area contributed by atoms with Crippen molar-refractivity contribution in [2.75, 3.05) is 13.3 Å². The van der Waals surface area contributed by atoms with Crippen LogP contribution in [0.5, 0.6) is 11.6 Å². The highest BCUT2D eigenvalue weighted by Crippen LogP contribution is 2.32. The first-order valence-corrected chi connectivity index (χ1v) is 7.97. The molecule has 0 aliphatic carbocycles. The van der Waals surface area contributed by atoms with Gasteiger partial charge >= 0.3 is 0 Å². The first-order chi connectivity index (χ1) is 10.3. The number of hydrogen-bond donors (Lipinski definition) is 1. The van der Waals surface area contributed by atoms with Gasteiger partial charge in [0.05, 0.1) is 0 Å². The molecule has 2 heterocycles. The molecule has 3 rings (SSSR count). The zero-order valence-corrected chi connectivity index (χ0v) is 12.9. The van der Waals surface area contributed by atoms with Crippen molar-refractivity contribution in [3.05, 3.63) is 54.4 Å². The highest BCUT2D eigenvalue weighted by atomic mass is 32.2. The summed E-state index contributed by atoms with van der Waals surface area (Å²) < 4.78 is 8.13. The van der Waals surface area contributed by atoms with E-state index in [2.05, 4.69) is 10.3 Å². The van der Waals surface area contributed by atoms with Gasteiger partial charge in [0.25, 0.3) is 0 Å². The number of imidazole rings is 1. The normalized spacial score (nSPS) is 11.0. The van der Waals surface area contributed by atoms with Gasteiger partial charge in [0, 0.05) is 17.6 Å². The average molecular weight is 299 g/mol. The van der Waals surface area contributed by atoms with Gasteiger partial charge in [0.1, 0.15) is 17.1 Å². The second-order valence-electron chi connectivity index (χ2n) is 4.58. The van der Waals surface area contributed by atoms with Crippen LogP contribution in [0, 0.1) is 0 Å². The van der Waals surface area contributed by atoms with Crippen molar-refractivity contribution in [1.82, 2.24) is 14.7 Å². The lowest BCUT2D eigenvalue weighted by molar-refractivity contribution is 0.447. The number of fused-ring (bicyclic) bond motifs is 1. The lowest BCUT2D eigenvalue weighted by Gasteiger charge is -2.09. The largest absolute Gasteiger partial charge is 0.436 e. The Bertz CT molecular complexity index is 754.